The zero-order chi connectivity index (χ0) is 11.1. The van der Waals surface area contributed by atoms with Gasteiger partial charge in [-0.2, -0.15) is 0 Å². The van der Waals surface area contributed by atoms with Gasteiger partial charge in [-0.15, -0.1) is 0 Å². The van der Waals surface area contributed by atoms with Crippen LogP contribution in [0.4, 0.5) is 0 Å². The third-order valence-corrected chi connectivity index (χ3v) is 3.48. The molecule has 2 aromatic rings. The Morgan fingerprint density at radius 3 is 3.06 bits per heavy atom. The largest absolute Gasteiger partial charge is 0.497 e. The van der Waals surface area contributed by atoms with Crippen LogP contribution in [-0.4, -0.2) is 25.7 Å². The van der Waals surface area contributed by atoms with Crippen molar-refractivity contribution in [3.8, 4) is 5.75 Å². The molecule has 2 heterocycles. The van der Waals surface area contributed by atoms with E-state index in [1.165, 1.54) is 28.7 Å². The first kappa shape index (κ1) is 9.73. The van der Waals surface area contributed by atoms with Crippen LogP contribution in [-0.2, 0) is 13.0 Å². The topological polar surface area (TPSA) is 29.5 Å². The molecule has 1 aliphatic rings. The van der Waals surface area contributed by atoms with Crippen molar-refractivity contribution in [3.05, 3.63) is 29.5 Å². The molecule has 0 fully saturated rings. The molecular formula is C13H17N2O+. The van der Waals surface area contributed by atoms with E-state index < -0.39 is 0 Å². The Bertz CT molecular complexity index is 530. The number of ether oxygens (including phenoxy) is 1. The number of hydrogen-bond acceptors (Lipinski definition) is 1. The fraction of sp³-hybridized carbons (Fsp3) is 0.385. The highest BCUT2D eigenvalue weighted by Gasteiger charge is 2.20. The predicted octanol–water partition coefficient (Wildman–Crippen LogP) is 0.747. The van der Waals surface area contributed by atoms with Gasteiger partial charge in [0.25, 0.3) is 0 Å². The maximum absolute atomic E-state index is 5.29. The van der Waals surface area contributed by atoms with Crippen LogP contribution in [0.15, 0.2) is 18.2 Å². The number of quaternary nitrogens is 1. The first-order chi connectivity index (χ1) is 7.78. The summed E-state index contributed by atoms with van der Waals surface area (Å²) in [5.41, 5.74) is 4.12. The Morgan fingerprint density at radius 1 is 1.38 bits per heavy atom. The van der Waals surface area contributed by atoms with Gasteiger partial charge in [0.1, 0.15) is 12.3 Å². The number of H-pyrrole nitrogens is 1. The van der Waals surface area contributed by atoms with Gasteiger partial charge in [-0.3, -0.25) is 0 Å². The van der Waals surface area contributed by atoms with Crippen LogP contribution in [0, 0.1) is 0 Å². The van der Waals surface area contributed by atoms with Gasteiger partial charge >= 0.3 is 0 Å². The van der Waals surface area contributed by atoms with Crippen molar-refractivity contribution in [3.63, 3.8) is 0 Å². The van der Waals surface area contributed by atoms with E-state index in [0.29, 0.717) is 0 Å². The normalized spacial score (nSPS) is 19.8. The lowest BCUT2D eigenvalue weighted by Gasteiger charge is -2.19. The quantitative estimate of drug-likeness (QED) is 0.725. The monoisotopic (exact) mass is 217 g/mol. The number of benzene rings is 1. The number of aromatic amines is 1. The summed E-state index contributed by atoms with van der Waals surface area (Å²) in [6.45, 7) is 2.33. The molecule has 84 valence electrons. The Morgan fingerprint density at radius 2 is 2.25 bits per heavy atom. The lowest BCUT2D eigenvalue weighted by molar-refractivity contribution is -0.895. The Kier molecular flexibility index (Phi) is 2.14. The number of nitrogens with one attached hydrogen (secondary N) is 2. The third kappa shape index (κ3) is 1.39. The van der Waals surface area contributed by atoms with Crippen molar-refractivity contribution in [2.45, 2.75) is 13.0 Å². The average Bonchev–Trinajstić information content (AvgIpc) is 2.66. The van der Waals surface area contributed by atoms with Crippen LogP contribution < -0.4 is 9.64 Å². The summed E-state index contributed by atoms with van der Waals surface area (Å²) in [6.07, 6.45) is 1.15. The number of methoxy groups -OCH3 is 1. The molecule has 0 spiro atoms. The highest BCUT2D eigenvalue weighted by molar-refractivity contribution is 5.86. The molecule has 0 saturated carbocycles. The Labute approximate surface area is 95.0 Å². The van der Waals surface area contributed by atoms with Crippen molar-refractivity contribution < 1.29 is 9.64 Å². The predicted molar refractivity (Wildman–Crippen MR) is 64.0 cm³/mol. The third-order valence-electron chi connectivity index (χ3n) is 3.48. The summed E-state index contributed by atoms with van der Waals surface area (Å²) < 4.78 is 5.29. The number of hydrogen-bond donors (Lipinski definition) is 2. The van der Waals surface area contributed by atoms with Gasteiger partial charge in [-0.1, -0.05) is 0 Å². The van der Waals surface area contributed by atoms with Gasteiger partial charge in [0, 0.05) is 28.6 Å². The minimum absolute atomic E-state index is 0.942. The van der Waals surface area contributed by atoms with E-state index in [0.717, 1.165) is 18.7 Å². The lowest BCUT2D eigenvalue weighted by Crippen LogP contribution is -3.08. The molecule has 1 atom stereocenters. The second-order valence-corrected chi connectivity index (χ2v) is 4.63. The molecule has 0 amide bonds. The van der Waals surface area contributed by atoms with Crippen LogP contribution in [0.3, 0.4) is 0 Å². The van der Waals surface area contributed by atoms with Crippen LogP contribution >= 0.6 is 0 Å². The zero-order valence-corrected chi connectivity index (χ0v) is 9.76. The molecule has 1 aromatic carbocycles. The van der Waals surface area contributed by atoms with E-state index in [1.807, 2.05) is 6.07 Å². The Balaban J connectivity index is 2.20. The maximum atomic E-state index is 5.29. The summed E-state index contributed by atoms with van der Waals surface area (Å²) >= 11 is 0. The molecule has 0 bridgehead atoms. The number of likely N-dealkylation sites (N-methyl/N-ethyl adjacent to an activating group) is 1. The second-order valence-electron chi connectivity index (χ2n) is 4.63. The smallest absolute Gasteiger partial charge is 0.119 e. The second kappa shape index (κ2) is 3.52. The SMILES string of the molecule is COc1ccc2[nH]c3c(c2c1)C[NH+](C)CC3. The van der Waals surface area contributed by atoms with Crippen LogP contribution in [0.25, 0.3) is 10.9 Å². The van der Waals surface area contributed by atoms with Gasteiger partial charge in [-0.05, 0) is 18.2 Å². The molecule has 16 heavy (non-hydrogen) atoms. The molecule has 0 radical (unpaired) electrons. The summed E-state index contributed by atoms with van der Waals surface area (Å²) in [7, 11) is 3.97. The average molecular weight is 217 g/mol. The van der Waals surface area contributed by atoms with Crippen LogP contribution in [0.1, 0.15) is 11.3 Å². The van der Waals surface area contributed by atoms with Crippen LogP contribution in [0.2, 0.25) is 0 Å². The van der Waals surface area contributed by atoms with Crippen molar-refractivity contribution in [2.24, 2.45) is 0 Å². The molecule has 0 aliphatic carbocycles. The van der Waals surface area contributed by atoms with Gasteiger partial charge in [0.05, 0.1) is 20.7 Å². The van der Waals surface area contributed by atoms with Crippen LogP contribution in [0.5, 0.6) is 5.75 Å². The fourth-order valence-corrected chi connectivity index (χ4v) is 2.55. The number of fused-ring (bicyclic) bond motifs is 3. The van der Waals surface area contributed by atoms with Gasteiger partial charge in [-0.25, -0.2) is 0 Å². The van der Waals surface area contributed by atoms with E-state index in [9.17, 15) is 0 Å². The summed E-state index contributed by atoms with van der Waals surface area (Å²) in [4.78, 5) is 5.10. The highest BCUT2D eigenvalue weighted by Crippen LogP contribution is 2.27. The molecule has 1 aliphatic heterocycles. The summed E-state index contributed by atoms with van der Waals surface area (Å²) in [5, 5.41) is 1.33. The number of rotatable bonds is 1. The van der Waals surface area contributed by atoms with Gasteiger partial charge < -0.3 is 14.6 Å². The van der Waals surface area contributed by atoms with E-state index in [4.69, 9.17) is 4.74 Å². The molecule has 2 N–H and O–H groups in total. The molecular weight excluding hydrogens is 200 g/mol. The van der Waals surface area contributed by atoms with E-state index in [-0.39, 0.29) is 0 Å². The van der Waals surface area contributed by atoms with Crippen molar-refractivity contribution in [2.75, 3.05) is 20.7 Å². The molecule has 3 rings (SSSR count). The highest BCUT2D eigenvalue weighted by atomic mass is 16.5. The van der Waals surface area contributed by atoms with Gasteiger partial charge in [0.15, 0.2) is 0 Å². The van der Waals surface area contributed by atoms with Gasteiger partial charge in [0.2, 0.25) is 0 Å². The first-order valence-electron chi connectivity index (χ1n) is 5.76. The summed E-state index contributed by atoms with van der Waals surface area (Å²) in [6, 6.07) is 6.27. The van der Waals surface area contributed by atoms with E-state index in [2.05, 4.69) is 24.2 Å². The molecule has 1 aromatic heterocycles. The number of aromatic nitrogens is 1. The molecule has 0 saturated heterocycles. The van der Waals surface area contributed by atoms with Crippen molar-refractivity contribution >= 4 is 10.9 Å². The minimum Gasteiger partial charge on any atom is -0.497 e. The molecule has 1 unspecified atom stereocenters. The maximum Gasteiger partial charge on any atom is 0.119 e. The van der Waals surface area contributed by atoms with E-state index >= 15 is 0 Å². The summed E-state index contributed by atoms with van der Waals surface area (Å²) in [5.74, 6) is 0.942. The van der Waals surface area contributed by atoms with Crippen molar-refractivity contribution in [1.29, 1.82) is 0 Å². The first-order valence-corrected chi connectivity index (χ1v) is 5.76. The lowest BCUT2D eigenvalue weighted by atomic mass is 10.1. The minimum atomic E-state index is 0.942. The zero-order valence-electron chi connectivity index (χ0n) is 9.76. The molecule has 3 heteroatoms. The fourth-order valence-electron chi connectivity index (χ4n) is 2.55. The molecule has 3 nitrogen and oxygen atoms in total. The van der Waals surface area contributed by atoms with Crippen molar-refractivity contribution in [1.82, 2.24) is 4.98 Å². The van der Waals surface area contributed by atoms with E-state index in [1.54, 1.807) is 12.0 Å². The Hall–Kier alpha value is -1.48. The standard InChI is InChI=1S/C13H16N2O/c1-15-6-5-13-11(8-15)10-7-9(16-2)3-4-12(10)14-13/h3-4,7,14H,5-6,8H2,1-2H3/p+1.